The van der Waals surface area contributed by atoms with Crippen LogP contribution < -0.4 is 5.32 Å². The highest BCUT2D eigenvalue weighted by molar-refractivity contribution is 7.09. The molecule has 0 radical (unpaired) electrons. The fourth-order valence-electron chi connectivity index (χ4n) is 2.36. The Morgan fingerprint density at radius 1 is 1.50 bits per heavy atom. The van der Waals surface area contributed by atoms with Gasteiger partial charge in [0, 0.05) is 11.1 Å². The SMILES string of the molecule is CCNC1(c2nc(C)cs2)CCCC1. The minimum Gasteiger partial charge on any atom is -0.306 e. The largest absolute Gasteiger partial charge is 0.306 e. The van der Waals surface area contributed by atoms with Crippen molar-refractivity contribution in [3.05, 3.63) is 16.1 Å². The van der Waals surface area contributed by atoms with E-state index < -0.39 is 0 Å². The van der Waals surface area contributed by atoms with Gasteiger partial charge in [-0.1, -0.05) is 19.8 Å². The molecule has 2 rings (SSSR count). The fraction of sp³-hybridized carbons (Fsp3) is 0.727. The first kappa shape index (κ1) is 10.1. The first-order chi connectivity index (χ1) is 6.77. The molecule has 0 unspecified atom stereocenters. The van der Waals surface area contributed by atoms with Crippen molar-refractivity contribution in [2.24, 2.45) is 0 Å². The molecule has 1 aromatic heterocycles. The molecule has 14 heavy (non-hydrogen) atoms. The van der Waals surface area contributed by atoms with Crippen molar-refractivity contribution < 1.29 is 0 Å². The molecule has 1 heterocycles. The third-order valence-corrected chi connectivity index (χ3v) is 4.16. The van der Waals surface area contributed by atoms with Gasteiger partial charge in [-0.25, -0.2) is 4.98 Å². The molecule has 2 nitrogen and oxygen atoms in total. The predicted molar refractivity (Wildman–Crippen MR) is 60.7 cm³/mol. The van der Waals surface area contributed by atoms with Crippen LogP contribution in [0.4, 0.5) is 0 Å². The van der Waals surface area contributed by atoms with Gasteiger partial charge in [0.25, 0.3) is 0 Å². The van der Waals surface area contributed by atoms with Crippen LogP contribution in [0.2, 0.25) is 0 Å². The Morgan fingerprint density at radius 3 is 2.71 bits per heavy atom. The molecule has 0 spiro atoms. The molecule has 3 heteroatoms. The molecule has 0 atom stereocenters. The van der Waals surface area contributed by atoms with Gasteiger partial charge in [-0.3, -0.25) is 0 Å². The lowest BCUT2D eigenvalue weighted by molar-refractivity contribution is 0.348. The average Bonchev–Trinajstić information content (AvgIpc) is 2.75. The maximum absolute atomic E-state index is 4.64. The number of nitrogens with zero attached hydrogens (tertiary/aromatic N) is 1. The highest BCUT2D eigenvalue weighted by atomic mass is 32.1. The summed E-state index contributed by atoms with van der Waals surface area (Å²) < 4.78 is 0. The van der Waals surface area contributed by atoms with E-state index in [4.69, 9.17) is 0 Å². The smallest absolute Gasteiger partial charge is 0.113 e. The van der Waals surface area contributed by atoms with Crippen LogP contribution in [0.5, 0.6) is 0 Å². The van der Waals surface area contributed by atoms with Gasteiger partial charge in [0.2, 0.25) is 0 Å². The van der Waals surface area contributed by atoms with Gasteiger partial charge in [-0.15, -0.1) is 11.3 Å². The van der Waals surface area contributed by atoms with Crippen LogP contribution in [0.15, 0.2) is 5.38 Å². The van der Waals surface area contributed by atoms with Crippen molar-refractivity contribution in [3.63, 3.8) is 0 Å². The van der Waals surface area contributed by atoms with Gasteiger partial charge >= 0.3 is 0 Å². The maximum Gasteiger partial charge on any atom is 0.113 e. The molecule has 1 aromatic rings. The van der Waals surface area contributed by atoms with E-state index in [0.29, 0.717) is 0 Å². The van der Waals surface area contributed by atoms with E-state index in [9.17, 15) is 0 Å². The summed E-state index contributed by atoms with van der Waals surface area (Å²) in [5.41, 5.74) is 1.38. The summed E-state index contributed by atoms with van der Waals surface area (Å²) in [6.07, 6.45) is 5.19. The predicted octanol–water partition coefficient (Wildman–Crippen LogP) is 2.83. The molecule has 0 amide bonds. The van der Waals surface area contributed by atoms with E-state index in [1.807, 2.05) is 11.3 Å². The maximum atomic E-state index is 4.64. The van der Waals surface area contributed by atoms with Gasteiger partial charge in [-0.2, -0.15) is 0 Å². The van der Waals surface area contributed by atoms with Crippen LogP contribution in [-0.2, 0) is 5.54 Å². The third-order valence-electron chi connectivity index (χ3n) is 3.00. The molecule has 0 bridgehead atoms. The minimum absolute atomic E-state index is 0.216. The molecule has 0 aliphatic heterocycles. The highest BCUT2D eigenvalue weighted by Gasteiger charge is 2.36. The van der Waals surface area contributed by atoms with Crippen LogP contribution >= 0.6 is 11.3 Å². The first-order valence-electron chi connectivity index (χ1n) is 5.44. The molecule has 1 aliphatic carbocycles. The summed E-state index contributed by atoms with van der Waals surface area (Å²) in [7, 11) is 0. The second kappa shape index (κ2) is 3.99. The zero-order valence-electron chi connectivity index (χ0n) is 8.97. The molecule has 1 aliphatic rings. The van der Waals surface area contributed by atoms with Gasteiger partial charge in [-0.05, 0) is 26.3 Å². The molecule has 1 N–H and O–H groups in total. The van der Waals surface area contributed by atoms with Crippen LogP contribution in [-0.4, -0.2) is 11.5 Å². The highest BCUT2D eigenvalue weighted by Crippen LogP contribution is 2.39. The normalized spacial score (nSPS) is 20.1. The second-order valence-electron chi connectivity index (χ2n) is 4.11. The number of aromatic nitrogens is 1. The Hall–Kier alpha value is -0.410. The van der Waals surface area contributed by atoms with Crippen molar-refractivity contribution in [2.45, 2.75) is 45.1 Å². The van der Waals surface area contributed by atoms with Crippen molar-refractivity contribution in [1.29, 1.82) is 0 Å². The van der Waals surface area contributed by atoms with Crippen LogP contribution in [0, 0.1) is 6.92 Å². The van der Waals surface area contributed by atoms with E-state index in [1.165, 1.54) is 30.7 Å². The van der Waals surface area contributed by atoms with Crippen molar-refractivity contribution >= 4 is 11.3 Å². The van der Waals surface area contributed by atoms with Crippen molar-refractivity contribution in [2.75, 3.05) is 6.54 Å². The van der Waals surface area contributed by atoms with E-state index in [2.05, 4.69) is 29.5 Å². The average molecular weight is 210 g/mol. The summed E-state index contributed by atoms with van der Waals surface area (Å²) in [5, 5.41) is 7.10. The number of hydrogen-bond donors (Lipinski definition) is 1. The summed E-state index contributed by atoms with van der Waals surface area (Å²) in [6.45, 7) is 5.30. The van der Waals surface area contributed by atoms with E-state index in [0.717, 1.165) is 12.2 Å². The Bertz CT molecular complexity index is 300. The summed E-state index contributed by atoms with van der Waals surface area (Å²) in [5.74, 6) is 0. The topological polar surface area (TPSA) is 24.9 Å². The number of hydrogen-bond acceptors (Lipinski definition) is 3. The Labute approximate surface area is 89.8 Å². The van der Waals surface area contributed by atoms with Gasteiger partial charge in [0.1, 0.15) is 5.01 Å². The summed E-state index contributed by atoms with van der Waals surface area (Å²) >= 11 is 1.81. The lowest BCUT2D eigenvalue weighted by Crippen LogP contribution is -2.39. The fourth-order valence-corrected chi connectivity index (χ4v) is 3.39. The molecular weight excluding hydrogens is 192 g/mol. The van der Waals surface area contributed by atoms with Gasteiger partial charge in [0.05, 0.1) is 5.54 Å². The van der Waals surface area contributed by atoms with Crippen molar-refractivity contribution in [3.8, 4) is 0 Å². The van der Waals surface area contributed by atoms with Crippen LogP contribution in [0.3, 0.4) is 0 Å². The number of aryl methyl sites for hydroxylation is 1. The zero-order valence-corrected chi connectivity index (χ0v) is 9.78. The second-order valence-corrected chi connectivity index (χ2v) is 4.97. The zero-order chi connectivity index (χ0) is 10.0. The number of nitrogens with one attached hydrogen (secondary N) is 1. The number of rotatable bonds is 3. The molecule has 1 saturated carbocycles. The quantitative estimate of drug-likeness (QED) is 0.830. The van der Waals surface area contributed by atoms with E-state index in [1.54, 1.807) is 0 Å². The molecule has 78 valence electrons. The van der Waals surface area contributed by atoms with Gasteiger partial charge < -0.3 is 5.32 Å². The number of thiazole rings is 1. The Morgan fingerprint density at radius 2 is 2.21 bits per heavy atom. The third kappa shape index (κ3) is 1.71. The first-order valence-corrected chi connectivity index (χ1v) is 6.32. The van der Waals surface area contributed by atoms with Crippen LogP contribution in [0.1, 0.15) is 43.3 Å². The van der Waals surface area contributed by atoms with Crippen molar-refractivity contribution in [1.82, 2.24) is 10.3 Å². The molecule has 0 aromatic carbocycles. The Balaban J connectivity index is 2.26. The van der Waals surface area contributed by atoms with Crippen LogP contribution in [0.25, 0.3) is 0 Å². The van der Waals surface area contributed by atoms with E-state index >= 15 is 0 Å². The lowest BCUT2D eigenvalue weighted by atomic mass is 9.98. The van der Waals surface area contributed by atoms with E-state index in [-0.39, 0.29) is 5.54 Å². The molecular formula is C11H18N2S. The Kier molecular flexibility index (Phi) is 2.88. The van der Waals surface area contributed by atoms with Gasteiger partial charge in [0.15, 0.2) is 0 Å². The standard InChI is InChI=1S/C11H18N2S/c1-3-12-11(6-4-5-7-11)10-13-9(2)8-14-10/h8,12H,3-7H2,1-2H3. The summed E-state index contributed by atoms with van der Waals surface area (Å²) in [4.78, 5) is 4.64. The monoisotopic (exact) mass is 210 g/mol. The molecule has 0 saturated heterocycles. The minimum atomic E-state index is 0.216. The molecule has 1 fully saturated rings. The summed E-state index contributed by atoms with van der Waals surface area (Å²) in [6, 6.07) is 0. The lowest BCUT2D eigenvalue weighted by Gasteiger charge is -2.27.